The lowest BCUT2D eigenvalue weighted by molar-refractivity contribution is 0.0434. The predicted molar refractivity (Wildman–Crippen MR) is 68.9 cm³/mol. The fourth-order valence-electron chi connectivity index (χ4n) is 1.55. The molecule has 0 bridgehead atoms. The summed E-state index contributed by atoms with van der Waals surface area (Å²) in [6, 6.07) is 0. The highest BCUT2D eigenvalue weighted by atomic mass is 16.5. The zero-order chi connectivity index (χ0) is 13.3. The maximum Gasteiger partial charge on any atom is 0.407 e. The Labute approximate surface area is 105 Å². The SMILES string of the molecule is CCC[C@](C)(CO)COC(=O)NCCC(C)C. The zero-order valence-electron chi connectivity index (χ0n) is 11.6. The summed E-state index contributed by atoms with van der Waals surface area (Å²) in [5, 5.41) is 12.0. The molecular formula is C13H27NO3. The molecular weight excluding hydrogens is 218 g/mol. The Kier molecular flexibility index (Phi) is 7.96. The van der Waals surface area contributed by atoms with E-state index in [1.165, 1.54) is 0 Å². The van der Waals surface area contributed by atoms with E-state index in [2.05, 4.69) is 26.1 Å². The van der Waals surface area contributed by atoms with Crippen LogP contribution in [0.4, 0.5) is 4.79 Å². The molecule has 0 aliphatic rings. The first kappa shape index (κ1) is 16.2. The Hall–Kier alpha value is -0.770. The number of aliphatic hydroxyl groups excluding tert-OH is 1. The Morgan fingerprint density at radius 3 is 2.59 bits per heavy atom. The van der Waals surface area contributed by atoms with Gasteiger partial charge in [-0.25, -0.2) is 4.79 Å². The third-order valence-corrected chi connectivity index (χ3v) is 2.78. The fraction of sp³-hybridized carbons (Fsp3) is 0.923. The molecule has 0 spiro atoms. The molecule has 0 heterocycles. The summed E-state index contributed by atoms with van der Waals surface area (Å²) in [6.45, 7) is 9.15. The van der Waals surface area contributed by atoms with Crippen molar-refractivity contribution < 1.29 is 14.6 Å². The Bertz CT molecular complexity index is 219. The van der Waals surface area contributed by atoms with Crippen LogP contribution in [0.2, 0.25) is 0 Å². The summed E-state index contributed by atoms with van der Waals surface area (Å²) >= 11 is 0. The average molecular weight is 245 g/mol. The van der Waals surface area contributed by atoms with Crippen molar-refractivity contribution in [1.29, 1.82) is 0 Å². The van der Waals surface area contributed by atoms with Crippen molar-refractivity contribution >= 4 is 6.09 Å². The van der Waals surface area contributed by atoms with Crippen molar-refractivity contribution in [2.45, 2.75) is 47.0 Å². The maximum atomic E-state index is 11.4. The first-order chi connectivity index (χ1) is 7.93. The standard InChI is InChI=1S/C13H27NO3/c1-5-7-13(4,9-15)10-17-12(16)14-8-6-11(2)3/h11,15H,5-10H2,1-4H3,(H,14,16)/t13-/m1/s1. The van der Waals surface area contributed by atoms with Crippen LogP contribution in [-0.2, 0) is 4.74 Å². The van der Waals surface area contributed by atoms with E-state index in [1.807, 2.05) is 6.92 Å². The van der Waals surface area contributed by atoms with Gasteiger partial charge in [0.05, 0.1) is 6.61 Å². The smallest absolute Gasteiger partial charge is 0.407 e. The van der Waals surface area contributed by atoms with E-state index in [0.717, 1.165) is 19.3 Å². The number of alkyl carbamates (subject to hydrolysis) is 1. The molecule has 0 aromatic heterocycles. The van der Waals surface area contributed by atoms with Gasteiger partial charge in [-0.15, -0.1) is 0 Å². The van der Waals surface area contributed by atoms with Crippen LogP contribution < -0.4 is 5.32 Å². The summed E-state index contributed by atoms with van der Waals surface area (Å²) < 4.78 is 5.12. The summed E-state index contributed by atoms with van der Waals surface area (Å²) in [4.78, 5) is 11.4. The minimum Gasteiger partial charge on any atom is -0.449 e. The second-order valence-corrected chi connectivity index (χ2v) is 5.40. The monoisotopic (exact) mass is 245 g/mol. The third-order valence-electron chi connectivity index (χ3n) is 2.78. The minimum atomic E-state index is -0.388. The van der Waals surface area contributed by atoms with E-state index in [9.17, 15) is 9.90 Å². The molecule has 2 N–H and O–H groups in total. The van der Waals surface area contributed by atoms with Gasteiger partial charge >= 0.3 is 6.09 Å². The van der Waals surface area contributed by atoms with Crippen molar-refractivity contribution in [3.05, 3.63) is 0 Å². The van der Waals surface area contributed by atoms with E-state index in [0.29, 0.717) is 12.5 Å². The van der Waals surface area contributed by atoms with E-state index in [1.54, 1.807) is 0 Å². The molecule has 0 unspecified atom stereocenters. The van der Waals surface area contributed by atoms with Crippen LogP contribution in [0.5, 0.6) is 0 Å². The molecule has 1 amide bonds. The molecule has 1 atom stereocenters. The lowest BCUT2D eigenvalue weighted by Gasteiger charge is -2.26. The van der Waals surface area contributed by atoms with Gasteiger partial charge in [0.25, 0.3) is 0 Å². The van der Waals surface area contributed by atoms with Crippen LogP contribution in [-0.4, -0.2) is 31.0 Å². The lowest BCUT2D eigenvalue weighted by Crippen LogP contribution is -2.33. The topological polar surface area (TPSA) is 58.6 Å². The number of hydrogen-bond donors (Lipinski definition) is 2. The summed E-state index contributed by atoms with van der Waals surface area (Å²) in [6.07, 6.45) is 2.38. The van der Waals surface area contributed by atoms with Crippen molar-refractivity contribution in [1.82, 2.24) is 5.32 Å². The van der Waals surface area contributed by atoms with Gasteiger partial charge in [-0.1, -0.05) is 34.1 Å². The second-order valence-electron chi connectivity index (χ2n) is 5.40. The molecule has 0 aromatic rings. The number of hydrogen-bond acceptors (Lipinski definition) is 3. The first-order valence-corrected chi connectivity index (χ1v) is 6.45. The highest BCUT2D eigenvalue weighted by Gasteiger charge is 2.24. The number of nitrogens with one attached hydrogen (secondary N) is 1. The largest absolute Gasteiger partial charge is 0.449 e. The van der Waals surface area contributed by atoms with E-state index in [4.69, 9.17) is 4.74 Å². The summed E-state index contributed by atoms with van der Waals surface area (Å²) in [5.74, 6) is 0.568. The Morgan fingerprint density at radius 1 is 1.47 bits per heavy atom. The molecule has 0 aliphatic carbocycles. The van der Waals surface area contributed by atoms with Crippen molar-refractivity contribution in [2.24, 2.45) is 11.3 Å². The number of carbonyl (C=O) groups excluding carboxylic acids is 1. The highest BCUT2D eigenvalue weighted by molar-refractivity contribution is 5.67. The third kappa shape index (κ3) is 8.02. The maximum absolute atomic E-state index is 11.4. The number of aliphatic hydroxyl groups is 1. The lowest BCUT2D eigenvalue weighted by atomic mass is 9.88. The quantitative estimate of drug-likeness (QED) is 0.691. The van der Waals surface area contributed by atoms with Gasteiger partial charge in [0.2, 0.25) is 0 Å². The molecule has 102 valence electrons. The average Bonchev–Trinajstić information content (AvgIpc) is 2.26. The van der Waals surface area contributed by atoms with Gasteiger partial charge in [0.15, 0.2) is 0 Å². The normalized spacial score (nSPS) is 14.5. The summed E-state index contributed by atoms with van der Waals surface area (Å²) in [5.41, 5.74) is -0.315. The van der Waals surface area contributed by atoms with Crippen LogP contribution in [0.1, 0.15) is 47.0 Å². The second kappa shape index (κ2) is 8.34. The molecule has 0 aliphatic heterocycles. The molecule has 0 rings (SSSR count). The first-order valence-electron chi connectivity index (χ1n) is 6.45. The number of rotatable bonds is 8. The van der Waals surface area contributed by atoms with Gasteiger partial charge in [0, 0.05) is 12.0 Å². The molecule has 0 aromatic carbocycles. The molecule has 0 saturated heterocycles. The van der Waals surface area contributed by atoms with Crippen LogP contribution in [0.25, 0.3) is 0 Å². The van der Waals surface area contributed by atoms with Crippen molar-refractivity contribution in [2.75, 3.05) is 19.8 Å². The number of ether oxygens (including phenoxy) is 1. The Balaban J connectivity index is 3.81. The Morgan fingerprint density at radius 2 is 2.12 bits per heavy atom. The zero-order valence-corrected chi connectivity index (χ0v) is 11.6. The molecule has 4 nitrogen and oxygen atoms in total. The molecule has 0 fully saturated rings. The number of carbonyl (C=O) groups is 1. The molecule has 4 heteroatoms. The van der Waals surface area contributed by atoms with Crippen LogP contribution in [0.3, 0.4) is 0 Å². The molecule has 0 radical (unpaired) electrons. The van der Waals surface area contributed by atoms with Crippen LogP contribution in [0, 0.1) is 11.3 Å². The fourth-order valence-corrected chi connectivity index (χ4v) is 1.55. The van der Waals surface area contributed by atoms with Gasteiger partial charge in [0.1, 0.15) is 6.61 Å². The van der Waals surface area contributed by atoms with E-state index in [-0.39, 0.29) is 24.7 Å². The van der Waals surface area contributed by atoms with Crippen LogP contribution in [0.15, 0.2) is 0 Å². The highest BCUT2D eigenvalue weighted by Crippen LogP contribution is 2.22. The van der Waals surface area contributed by atoms with Gasteiger partial charge < -0.3 is 15.2 Å². The minimum absolute atomic E-state index is 0.0418. The van der Waals surface area contributed by atoms with E-state index < -0.39 is 0 Å². The van der Waals surface area contributed by atoms with Crippen molar-refractivity contribution in [3.8, 4) is 0 Å². The summed E-state index contributed by atoms with van der Waals surface area (Å²) in [7, 11) is 0. The van der Waals surface area contributed by atoms with Gasteiger partial charge in [-0.2, -0.15) is 0 Å². The molecule has 0 saturated carbocycles. The van der Waals surface area contributed by atoms with Gasteiger partial charge in [-0.05, 0) is 18.8 Å². The number of amides is 1. The molecule has 17 heavy (non-hydrogen) atoms. The van der Waals surface area contributed by atoms with Crippen LogP contribution >= 0.6 is 0 Å². The van der Waals surface area contributed by atoms with Crippen molar-refractivity contribution in [3.63, 3.8) is 0 Å². The van der Waals surface area contributed by atoms with Gasteiger partial charge in [-0.3, -0.25) is 0 Å². The predicted octanol–water partition coefficient (Wildman–Crippen LogP) is 2.56. The van der Waals surface area contributed by atoms with E-state index >= 15 is 0 Å².